The highest BCUT2D eigenvalue weighted by molar-refractivity contribution is 5.28. The van der Waals surface area contributed by atoms with Crippen molar-refractivity contribution in [3.8, 4) is 0 Å². The van der Waals surface area contributed by atoms with Gasteiger partial charge in [0.1, 0.15) is 0 Å². The summed E-state index contributed by atoms with van der Waals surface area (Å²) in [6.07, 6.45) is 7.80. The maximum absolute atomic E-state index is 4.33. The van der Waals surface area contributed by atoms with Gasteiger partial charge in [0.2, 0.25) is 0 Å². The van der Waals surface area contributed by atoms with Crippen LogP contribution in [0.15, 0.2) is 18.5 Å². The van der Waals surface area contributed by atoms with Gasteiger partial charge in [-0.25, -0.2) is 4.98 Å². The first-order chi connectivity index (χ1) is 8.43. The lowest BCUT2D eigenvalue weighted by Gasteiger charge is -2.15. The van der Waals surface area contributed by atoms with Crippen molar-refractivity contribution in [1.82, 2.24) is 24.9 Å². The van der Waals surface area contributed by atoms with E-state index in [0.29, 0.717) is 11.8 Å². The second-order valence-electron chi connectivity index (χ2n) is 5.09. The molecule has 1 N–H and O–H groups in total. The van der Waals surface area contributed by atoms with Crippen LogP contribution in [0.25, 0.3) is 5.78 Å². The van der Waals surface area contributed by atoms with E-state index in [0.717, 1.165) is 24.2 Å². The minimum Gasteiger partial charge on any atom is -0.307 e. The molecule has 5 nitrogen and oxygen atoms in total. The van der Waals surface area contributed by atoms with Crippen LogP contribution in [0.2, 0.25) is 0 Å². The van der Waals surface area contributed by atoms with Crippen LogP contribution < -0.4 is 5.32 Å². The normalized spacial score (nSPS) is 32.1. The molecule has 3 atom stereocenters. The van der Waals surface area contributed by atoms with Crippen LogP contribution in [0.3, 0.4) is 0 Å². The van der Waals surface area contributed by atoms with Crippen molar-refractivity contribution in [3.05, 3.63) is 24.3 Å². The predicted molar refractivity (Wildman–Crippen MR) is 62.4 cm³/mol. The fourth-order valence-corrected chi connectivity index (χ4v) is 3.44. The van der Waals surface area contributed by atoms with Gasteiger partial charge in [0.25, 0.3) is 5.78 Å². The molecule has 0 bridgehead atoms. The number of hydrogen-bond acceptors (Lipinski definition) is 4. The molecule has 2 aromatic rings. The Morgan fingerprint density at radius 3 is 3.29 bits per heavy atom. The lowest BCUT2D eigenvalue weighted by Crippen LogP contribution is -2.20. The van der Waals surface area contributed by atoms with E-state index in [2.05, 4.69) is 20.5 Å². The first-order valence-corrected chi connectivity index (χ1v) is 6.32. The second-order valence-corrected chi connectivity index (χ2v) is 5.09. The summed E-state index contributed by atoms with van der Waals surface area (Å²) in [6.45, 7) is 1.13. The van der Waals surface area contributed by atoms with Crippen molar-refractivity contribution in [3.63, 3.8) is 0 Å². The monoisotopic (exact) mass is 229 g/mol. The van der Waals surface area contributed by atoms with Gasteiger partial charge in [-0.1, -0.05) is 6.42 Å². The summed E-state index contributed by atoms with van der Waals surface area (Å²) in [7, 11) is 0. The number of hydrogen-bond donors (Lipinski definition) is 1. The third kappa shape index (κ3) is 1.32. The number of rotatable bonds is 1. The van der Waals surface area contributed by atoms with Gasteiger partial charge in [0.15, 0.2) is 5.82 Å². The van der Waals surface area contributed by atoms with Gasteiger partial charge >= 0.3 is 0 Å². The molecule has 1 aliphatic carbocycles. The largest absolute Gasteiger partial charge is 0.307 e. The van der Waals surface area contributed by atoms with E-state index >= 15 is 0 Å². The molecule has 2 aromatic heterocycles. The van der Waals surface area contributed by atoms with Crippen LogP contribution in [-0.2, 0) is 0 Å². The average Bonchev–Trinajstić information content (AvgIpc) is 3.02. The van der Waals surface area contributed by atoms with E-state index in [9.17, 15) is 0 Å². The Balaban J connectivity index is 1.79. The van der Waals surface area contributed by atoms with Gasteiger partial charge in [-0.15, -0.1) is 10.2 Å². The van der Waals surface area contributed by atoms with Crippen molar-refractivity contribution < 1.29 is 0 Å². The molecule has 3 unspecified atom stereocenters. The Bertz CT molecular complexity index is 549. The van der Waals surface area contributed by atoms with E-state index in [1.54, 1.807) is 6.20 Å². The van der Waals surface area contributed by atoms with Crippen molar-refractivity contribution in [2.45, 2.75) is 25.3 Å². The lowest BCUT2D eigenvalue weighted by molar-refractivity contribution is 0.405. The zero-order valence-electron chi connectivity index (χ0n) is 9.58. The molecule has 5 heteroatoms. The highest BCUT2D eigenvalue weighted by Gasteiger charge is 2.41. The first kappa shape index (κ1) is 9.53. The lowest BCUT2D eigenvalue weighted by atomic mass is 9.94. The quantitative estimate of drug-likeness (QED) is 0.798. The highest BCUT2D eigenvalue weighted by atomic mass is 15.3. The van der Waals surface area contributed by atoms with Crippen LogP contribution in [0.4, 0.5) is 0 Å². The summed E-state index contributed by atoms with van der Waals surface area (Å²) in [6, 6.07) is 2.29. The Labute approximate surface area is 99.3 Å². The third-order valence-corrected chi connectivity index (χ3v) is 4.24. The Hall–Kier alpha value is -1.49. The Kier molecular flexibility index (Phi) is 1.96. The molecular weight excluding hydrogens is 214 g/mol. The van der Waals surface area contributed by atoms with Gasteiger partial charge in [-0.3, -0.25) is 4.40 Å². The van der Waals surface area contributed by atoms with Gasteiger partial charge in [0, 0.05) is 12.4 Å². The van der Waals surface area contributed by atoms with E-state index in [-0.39, 0.29) is 0 Å². The van der Waals surface area contributed by atoms with Crippen LogP contribution in [0.1, 0.15) is 31.1 Å². The first-order valence-electron chi connectivity index (χ1n) is 6.32. The zero-order valence-corrected chi connectivity index (χ0v) is 9.58. The van der Waals surface area contributed by atoms with Gasteiger partial charge in [-0.05, 0) is 37.3 Å². The number of nitrogens with zero attached hydrogens (tertiary/aromatic N) is 4. The summed E-state index contributed by atoms with van der Waals surface area (Å²) in [5, 5.41) is 12.1. The molecule has 4 rings (SSSR count). The Morgan fingerprint density at radius 1 is 1.29 bits per heavy atom. The molecule has 3 heterocycles. The van der Waals surface area contributed by atoms with Crippen LogP contribution in [0, 0.1) is 11.8 Å². The fraction of sp³-hybridized carbons (Fsp3) is 0.583. The van der Waals surface area contributed by atoms with E-state index < -0.39 is 0 Å². The topological polar surface area (TPSA) is 55.1 Å². The van der Waals surface area contributed by atoms with Gasteiger partial charge < -0.3 is 5.32 Å². The molecule has 0 amide bonds. The smallest absolute Gasteiger partial charge is 0.254 e. The number of aromatic nitrogens is 4. The third-order valence-electron chi connectivity index (χ3n) is 4.24. The summed E-state index contributed by atoms with van der Waals surface area (Å²) < 4.78 is 2.01. The molecule has 0 radical (unpaired) electrons. The second kappa shape index (κ2) is 3.50. The summed E-state index contributed by atoms with van der Waals surface area (Å²) in [5.41, 5.74) is 0. The molecule has 2 aliphatic rings. The van der Waals surface area contributed by atoms with Crippen LogP contribution in [0.5, 0.6) is 0 Å². The average molecular weight is 229 g/mol. The molecule has 1 saturated carbocycles. The number of fused-ring (bicyclic) bond motifs is 2. The van der Waals surface area contributed by atoms with Crippen LogP contribution >= 0.6 is 0 Å². The number of nitrogens with one attached hydrogen (secondary N) is 1. The van der Waals surface area contributed by atoms with Crippen molar-refractivity contribution in [2.75, 3.05) is 6.54 Å². The maximum Gasteiger partial charge on any atom is 0.254 e. The van der Waals surface area contributed by atoms with Crippen LogP contribution in [-0.4, -0.2) is 26.1 Å². The van der Waals surface area contributed by atoms with Gasteiger partial charge in [-0.2, -0.15) is 0 Å². The van der Waals surface area contributed by atoms with Crippen molar-refractivity contribution in [2.24, 2.45) is 11.8 Å². The van der Waals surface area contributed by atoms with E-state index in [4.69, 9.17) is 0 Å². The van der Waals surface area contributed by atoms with E-state index in [1.165, 1.54) is 19.3 Å². The summed E-state index contributed by atoms with van der Waals surface area (Å²) >= 11 is 0. The van der Waals surface area contributed by atoms with E-state index in [1.807, 2.05) is 16.7 Å². The zero-order chi connectivity index (χ0) is 11.2. The molecule has 17 heavy (non-hydrogen) atoms. The summed E-state index contributed by atoms with van der Waals surface area (Å²) in [5.74, 6) is 3.31. The molecule has 1 saturated heterocycles. The molecule has 2 fully saturated rings. The molecule has 0 aromatic carbocycles. The molecular formula is C12H15N5. The maximum atomic E-state index is 4.33. The van der Waals surface area contributed by atoms with Gasteiger partial charge in [0.05, 0.1) is 6.04 Å². The predicted octanol–water partition coefficient (Wildman–Crippen LogP) is 1.18. The standard InChI is InChI=1S/C12H15N5/c1-3-8-7-14-10(9(8)4-1)11-15-16-12-13-5-2-6-17(11)12/h2,5-6,8-10,14H,1,3-4,7H2. The SMILES string of the molecule is c1cnc2nnc(C3NCC4CCCC43)n2c1. The Morgan fingerprint density at radius 2 is 2.29 bits per heavy atom. The fourth-order valence-electron chi connectivity index (χ4n) is 3.44. The molecule has 88 valence electrons. The van der Waals surface area contributed by atoms with Crippen molar-refractivity contribution in [1.29, 1.82) is 0 Å². The molecule has 1 aliphatic heterocycles. The van der Waals surface area contributed by atoms with Crippen molar-refractivity contribution >= 4 is 5.78 Å². The molecule has 0 spiro atoms. The minimum absolute atomic E-state index is 0.363. The summed E-state index contributed by atoms with van der Waals surface area (Å²) in [4.78, 5) is 4.22. The highest BCUT2D eigenvalue weighted by Crippen LogP contribution is 2.43. The minimum atomic E-state index is 0.363.